The molecule has 0 heterocycles. The molecule has 0 saturated carbocycles. The van der Waals surface area contributed by atoms with Gasteiger partial charge in [0.15, 0.2) is 0 Å². The number of benzene rings is 1. The maximum absolute atomic E-state index is 8.02. The maximum Gasteiger partial charge on any atom is 0.137 e. The molecule has 2 N–H and O–H groups in total. The van der Waals surface area contributed by atoms with E-state index in [2.05, 4.69) is 68.2 Å². The second-order valence-corrected chi connectivity index (χ2v) is 7.79. The monoisotopic (exact) mass is 415 g/mol. The number of amidine groups is 1. The van der Waals surface area contributed by atoms with Crippen LogP contribution in [0.4, 0.5) is 0 Å². The summed E-state index contributed by atoms with van der Waals surface area (Å²) in [6.07, 6.45) is 5.93. The van der Waals surface area contributed by atoms with Crippen molar-refractivity contribution < 1.29 is 0 Å². The van der Waals surface area contributed by atoms with Crippen LogP contribution in [0.1, 0.15) is 44.2 Å². The minimum absolute atomic E-state index is 0.629. The van der Waals surface area contributed by atoms with Gasteiger partial charge in [0.2, 0.25) is 0 Å². The number of rotatable bonds is 13. The summed E-state index contributed by atoms with van der Waals surface area (Å²) in [5.74, 6) is 2.09. The molecule has 0 aliphatic heterocycles. The number of aryl methyl sites for hydroxylation is 1. The lowest BCUT2D eigenvalue weighted by Crippen LogP contribution is -2.32. The van der Waals surface area contributed by atoms with Crippen LogP contribution in [-0.2, 0) is 6.54 Å². The second-order valence-electron chi connectivity index (χ2n) is 7.21. The molecule has 1 aromatic rings. The van der Waals surface area contributed by atoms with Crippen molar-refractivity contribution in [1.29, 1.82) is 5.41 Å². The zero-order valence-electron chi connectivity index (χ0n) is 18.5. The van der Waals surface area contributed by atoms with Gasteiger partial charge in [-0.1, -0.05) is 37.6 Å². The first-order valence-electron chi connectivity index (χ1n) is 10.5. The van der Waals surface area contributed by atoms with E-state index in [1.165, 1.54) is 30.2 Å². The quantitative estimate of drug-likeness (QED) is 0.279. The largest absolute Gasteiger partial charge is 0.369 e. The van der Waals surface area contributed by atoms with Gasteiger partial charge in [0, 0.05) is 32.9 Å². The molecule has 2 atom stereocenters. The highest BCUT2D eigenvalue weighted by Crippen LogP contribution is 2.16. The van der Waals surface area contributed by atoms with E-state index in [9.17, 15) is 0 Å². The van der Waals surface area contributed by atoms with E-state index < -0.39 is 0 Å². The lowest BCUT2D eigenvalue weighted by molar-refractivity contribution is 0.451. The van der Waals surface area contributed by atoms with E-state index in [1.807, 2.05) is 20.0 Å². The Morgan fingerprint density at radius 3 is 2.59 bits per heavy atom. The molecule has 160 valence electrons. The Labute approximate surface area is 179 Å². The van der Waals surface area contributed by atoms with Crippen LogP contribution in [0.5, 0.6) is 0 Å². The fourth-order valence-corrected chi connectivity index (χ4v) is 3.81. The van der Waals surface area contributed by atoms with Crippen molar-refractivity contribution in [3.63, 3.8) is 0 Å². The van der Waals surface area contributed by atoms with Crippen molar-refractivity contribution in [2.24, 2.45) is 15.9 Å². The Hall–Kier alpha value is -2.00. The summed E-state index contributed by atoms with van der Waals surface area (Å²) < 4.78 is 0. The fourth-order valence-electron chi connectivity index (χ4n) is 3.34. The van der Waals surface area contributed by atoms with Crippen molar-refractivity contribution >= 4 is 28.0 Å². The predicted octanol–water partition coefficient (Wildman–Crippen LogP) is 4.68. The fraction of sp³-hybridized carbons (Fsp3) is 0.522. The average Bonchev–Trinajstić information content (AvgIpc) is 2.73. The van der Waals surface area contributed by atoms with Crippen LogP contribution in [-0.4, -0.2) is 50.0 Å². The van der Waals surface area contributed by atoms with Crippen molar-refractivity contribution in [1.82, 2.24) is 10.2 Å². The van der Waals surface area contributed by atoms with Crippen LogP contribution in [0.15, 0.2) is 45.6 Å². The summed E-state index contributed by atoms with van der Waals surface area (Å²) in [4.78, 5) is 11.0. The normalized spacial score (nSPS) is 13.5. The standard InChI is InChI=1S/C23H38N5P/c1-6-19(13-15-29)12-14-27-22(25-4)21(16-24)23(26-7-2)28(5)17-20-11-9-8-10-18(20)3/h8-11,16,19,24,27H,4,6-7,12-15,17,29H2,1-3,5H3/b22-21+,24-16?,26-23+. The van der Waals surface area contributed by atoms with Gasteiger partial charge in [0.05, 0.1) is 5.57 Å². The third-order valence-electron chi connectivity index (χ3n) is 5.13. The smallest absolute Gasteiger partial charge is 0.137 e. The number of hydrogen-bond donors (Lipinski definition) is 2. The van der Waals surface area contributed by atoms with Gasteiger partial charge >= 0.3 is 0 Å². The van der Waals surface area contributed by atoms with Crippen LogP contribution >= 0.6 is 9.24 Å². The van der Waals surface area contributed by atoms with Gasteiger partial charge in [0.1, 0.15) is 11.7 Å². The number of nitrogens with one attached hydrogen (secondary N) is 2. The number of aliphatic imine (C=N–C) groups is 2. The van der Waals surface area contributed by atoms with Crippen molar-refractivity contribution in [3.8, 4) is 0 Å². The molecule has 6 heteroatoms. The summed E-state index contributed by atoms with van der Waals surface area (Å²) in [6, 6.07) is 8.35. The number of hydrogen-bond acceptors (Lipinski definition) is 4. The van der Waals surface area contributed by atoms with Gasteiger partial charge in [-0.05, 0) is 56.6 Å². The number of nitrogens with zero attached hydrogens (tertiary/aromatic N) is 3. The van der Waals surface area contributed by atoms with E-state index in [0.717, 1.165) is 31.5 Å². The van der Waals surface area contributed by atoms with E-state index in [-0.39, 0.29) is 0 Å². The molecule has 0 aliphatic rings. The van der Waals surface area contributed by atoms with Crippen LogP contribution in [0.2, 0.25) is 0 Å². The Morgan fingerprint density at radius 2 is 2.03 bits per heavy atom. The molecule has 5 nitrogen and oxygen atoms in total. The first-order valence-corrected chi connectivity index (χ1v) is 11.3. The highest BCUT2D eigenvalue weighted by atomic mass is 31.0. The SMILES string of the molecule is C=N/C(NCCC(CC)CCP)=C(C=N)\C(=N/CC)N(C)Cc1ccccc1C. The lowest BCUT2D eigenvalue weighted by Gasteiger charge is -2.24. The molecule has 0 aliphatic carbocycles. The van der Waals surface area contributed by atoms with Crippen LogP contribution in [0.3, 0.4) is 0 Å². The van der Waals surface area contributed by atoms with Crippen molar-refractivity contribution in [2.75, 3.05) is 26.3 Å². The van der Waals surface area contributed by atoms with Crippen LogP contribution in [0.25, 0.3) is 0 Å². The van der Waals surface area contributed by atoms with Crippen molar-refractivity contribution in [3.05, 3.63) is 46.8 Å². The summed E-state index contributed by atoms with van der Waals surface area (Å²) in [5.41, 5.74) is 3.17. The Bertz CT molecular complexity index is 711. The highest BCUT2D eigenvalue weighted by Gasteiger charge is 2.16. The maximum atomic E-state index is 8.02. The minimum atomic E-state index is 0.629. The molecular weight excluding hydrogens is 377 g/mol. The summed E-state index contributed by atoms with van der Waals surface area (Å²) in [7, 11) is 4.82. The van der Waals surface area contributed by atoms with Gasteiger partial charge in [-0.15, -0.1) is 9.24 Å². The van der Waals surface area contributed by atoms with Gasteiger partial charge < -0.3 is 15.6 Å². The molecule has 2 unspecified atom stereocenters. The van der Waals surface area contributed by atoms with E-state index >= 15 is 0 Å². The average molecular weight is 416 g/mol. The zero-order chi connectivity index (χ0) is 21.6. The van der Waals surface area contributed by atoms with Gasteiger partial charge in [-0.25, -0.2) is 4.99 Å². The molecule has 0 aromatic heterocycles. The van der Waals surface area contributed by atoms with Gasteiger partial charge in [-0.3, -0.25) is 4.99 Å². The van der Waals surface area contributed by atoms with Crippen LogP contribution in [0, 0.1) is 18.3 Å². The molecule has 0 radical (unpaired) electrons. The van der Waals surface area contributed by atoms with E-state index in [1.54, 1.807) is 0 Å². The second kappa shape index (κ2) is 14.1. The zero-order valence-corrected chi connectivity index (χ0v) is 19.7. The molecule has 0 saturated heterocycles. The van der Waals surface area contributed by atoms with Crippen molar-refractivity contribution in [2.45, 2.75) is 46.6 Å². The first-order chi connectivity index (χ1) is 14.0. The minimum Gasteiger partial charge on any atom is -0.369 e. The summed E-state index contributed by atoms with van der Waals surface area (Å²) >= 11 is 0. The highest BCUT2D eigenvalue weighted by molar-refractivity contribution is 7.16. The summed E-state index contributed by atoms with van der Waals surface area (Å²) in [5, 5.41) is 11.4. The molecule has 0 bridgehead atoms. The predicted molar refractivity (Wildman–Crippen MR) is 132 cm³/mol. The Kier molecular flexibility index (Phi) is 12.1. The van der Waals surface area contributed by atoms with Crippen LogP contribution < -0.4 is 5.32 Å². The van der Waals surface area contributed by atoms with Gasteiger partial charge in [0.25, 0.3) is 0 Å². The van der Waals surface area contributed by atoms with E-state index in [0.29, 0.717) is 23.9 Å². The first kappa shape index (κ1) is 25.0. The molecule has 0 fully saturated rings. The Morgan fingerprint density at radius 1 is 1.31 bits per heavy atom. The third kappa shape index (κ3) is 8.10. The molecule has 0 amide bonds. The summed E-state index contributed by atoms with van der Waals surface area (Å²) in [6.45, 7) is 12.3. The molecule has 1 rings (SSSR count). The molecular formula is C23H38N5P. The third-order valence-corrected chi connectivity index (χ3v) is 5.47. The van der Waals surface area contributed by atoms with E-state index in [4.69, 9.17) is 5.41 Å². The lowest BCUT2D eigenvalue weighted by atomic mass is 9.99. The number of likely N-dealkylation sites (N-methyl/N-ethyl adjacent to an activating group) is 1. The molecule has 1 aromatic carbocycles. The van der Waals surface area contributed by atoms with Gasteiger partial charge in [-0.2, -0.15) is 0 Å². The molecule has 29 heavy (non-hydrogen) atoms. The Balaban J connectivity index is 3.03. The topological polar surface area (TPSA) is 63.8 Å². The molecule has 0 spiro atoms.